The minimum atomic E-state index is -2.49. The zero-order chi connectivity index (χ0) is 11.5. The molecule has 4 nitrogen and oxygen atoms in total. The number of carboxylic acid groups (broad SMARTS) is 1. The van der Waals surface area contributed by atoms with Crippen LogP contribution in [0.15, 0.2) is 0 Å². The van der Waals surface area contributed by atoms with E-state index in [4.69, 9.17) is 5.11 Å². The highest BCUT2D eigenvalue weighted by molar-refractivity contribution is 5.65. The van der Waals surface area contributed by atoms with Crippen LogP contribution in [0.3, 0.4) is 0 Å². The van der Waals surface area contributed by atoms with Gasteiger partial charge in [-0.3, -0.25) is 4.90 Å². The molecule has 0 aromatic carbocycles. The predicted molar refractivity (Wildman–Crippen MR) is 51.5 cm³/mol. The van der Waals surface area contributed by atoms with Crippen molar-refractivity contribution in [2.24, 2.45) is 17.8 Å². The normalized spacial score (nSPS) is 40.4. The maximum absolute atomic E-state index is 12.6. The minimum absolute atomic E-state index is 0.119. The molecule has 1 amide bonds. The molecule has 3 atom stereocenters. The Balaban J connectivity index is 1.44. The molecule has 0 bridgehead atoms. The second kappa shape index (κ2) is 3.06. The van der Waals surface area contributed by atoms with Crippen molar-refractivity contribution in [1.82, 2.24) is 9.80 Å². The molecule has 2 saturated heterocycles. The maximum Gasteiger partial charge on any atom is 0.407 e. The first-order valence-electron chi connectivity index (χ1n) is 5.54. The standard InChI is InChI=1S/C10H14F2N2O2/c11-10(12)4-13(5-10)1-6-7-2-14(9(15)16)3-8(6)7/h6-8H,1-5H2,(H,15,16)/t6-,7+,8-. The Kier molecular flexibility index (Phi) is 1.96. The second-order valence-corrected chi connectivity index (χ2v) is 5.20. The van der Waals surface area contributed by atoms with Crippen LogP contribution in [0.2, 0.25) is 0 Å². The number of nitrogens with zero attached hydrogens (tertiary/aromatic N) is 2. The molecule has 3 rings (SSSR count). The van der Waals surface area contributed by atoms with Crippen molar-refractivity contribution in [3.05, 3.63) is 0 Å². The number of hydrogen-bond donors (Lipinski definition) is 1. The molecule has 1 aliphatic carbocycles. The Hall–Kier alpha value is -0.910. The summed E-state index contributed by atoms with van der Waals surface area (Å²) in [6.45, 7) is 1.67. The predicted octanol–water partition coefficient (Wildman–Crippen LogP) is 0.793. The second-order valence-electron chi connectivity index (χ2n) is 5.20. The van der Waals surface area contributed by atoms with E-state index < -0.39 is 12.0 Å². The molecule has 2 heterocycles. The van der Waals surface area contributed by atoms with Gasteiger partial charge in [0.15, 0.2) is 0 Å². The van der Waals surface area contributed by atoms with Crippen LogP contribution in [0.5, 0.6) is 0 Å². The van der Waals surface area contributed by atoms with Crippen molar-refractivity contribution in [1.29, 1.82) is 0 Å². The number of fused-ring (bicyclic) bond motifs is 1. The quantitative estimate of drug-likeness (QED) is 0.765. The minimum Gasteiger partial charge on any atom is -0.465 e. The van der Waals surface area contributed by atoms with Crippen molar-refractivity contribution in [3.8, 4) is 0 Å². The number of rotatable bonds is 2. The first kappa shape index (κ1) is 10.3. The highest BCUT2D eigenvalue weighted by Crippen LogP contribution is 2.52. The van der Waals surface area contributed by atoms with Crippen molar-refractivity contribution < 1.29 is 18.7 Å². The molecule has 0 radical (unpaired) electrons. The molecule has 2 aliphatic heterocycles. The molecule has 16 heavy (non-hydrogen) atoms. The average molecular weight is 232 g/mol. The van der Waals surface area contributed by atoms with Gasteiger partial charge in [0.2, 0.25) is 0 Å². The summed E-state index contributed by atoms with van der Waals surface area (Å²) < 4.78 is 25.2. The van der Waals surface area contributed by atoms with Gasteiger partial charge in [-0.25, -0.2) is 13.6 Å². The first-order valence-corrected chi connectivity index (χ1v) is 5.54. The van der Waals surface area contributed by atoms with Crippen LogP contribution < -0.4 is 0 Å². The lowest BCUT2D eigenvalue weighted by Crippen LogP contribution is -2.56. The van der Waals surface area contributed by atoms with E-state index in [0.29, 0.717) is 30.8 Å². The summed E-state index contributed by atoms with van der Waals surface area (Å²) in [4.78, 5) is 13.9. The summed E-state index contributed by atoms with van der Waals surface area (Å²) in [5, 5.41) is 8.76. The van der Waals surface area contributed by atoms with Gasteiger partial charge in [0.05, 0.1) is 13.1 Å². The van der Waals surface area contributed by atoms with E-state index in [2.05, 4.69) is 0 Å². The van der Waals surface area contributed by atoms with E-state index in [9.17, 15) is 13.6 Å². The summed E-state index contributed by atoms with van der Waals surface area (Å²) in [5.41, 5.74) is 0. The molecular formula is C10H14F2N2O2. The molecule has 1 saturated carbocycles. The molecule has 6 heteroatoms. The van der Waals surface area contributed by atoms with Crippen LogP contribution >= 0.6 is 0 Å². The fourth-order valence-corrected chi connectivity index (χ4v) is 3.11. The zero-order valence-corrected chi connectivity index (χ0v) is 8.77. The van der Waals surface area contributed by atoms with E-state index in [1.165, 1.54) is 4.90 Å². The molecule has 0 aromatic rings. The van der Waals surface area contributed by atoms with Gasteiger partial charge < -0.3 is 10.0 Å². The summed E-state index contributed by atoms with van der Waals surface area (Å²) in [6, 6.07) is 0. The van der Waals surface area contributed by atoms with Gasteiger partial charge in [0, 0.05) is 19.6 Å². The first-order chi connectivity index (χ1) is 7.46. The lowest BCUT2D eigenvalue weighted by atomic mass is 10.1. The molecule has 3 fully saturated rings. The Morgan fingerprint density at radius 2 is 1.88 bits per heavy atom. The van der Waals surface area contributed by atoms with Gasteiger partial charge in [0.1, 0.15) is 0 Å². The summed E-state index contributed by atoms with van der Waals surface area (Å²) in [7, 11) is 0. The van der Waals surface area contributed by atoms with Gasteiger partial charge in [-0.2, -0.15) is 0 Å². The van der Waals surface area contributed by atoms with Gasteiger partial charge >= 0.3 is 6.09 Å². The number of amides is 1. The third-order valence-electron chi connectivity index (χ3n) is 4.02. The van der Waals surface area contributed by atoms with E-state index in [0.717, 1.165) is 6.54 Å². The maximum atomic E-state index is 12.6. The smallest absolute Gasteiger partial charge is 0.407 e. The summed E-state index contributed by atoms with van der Waals surface area (Å²) >= 11 is 0. The van der Waals surface area contributed by atoms with E-state index in [1.54, 1.807) is 4.90 Å². The SMILES string of the molecule is O=C(O)N1C[C@@H]2[C@H](CN3CC(F)(F)C3)[C@@H]2C1. The fraction of sp³-hybridized carbons (Fsp3) is 0.900. The molecule has 0 spiro atoms. The number of likely N-dealkylation sites (tertiary alicyclic amines) is 2. The molecule has 0 unspecified atom stereocenters. The van der Waals surface area contributed by atoms with E-state index in [-0.39, 0.29) is 13.1 Å². The van der Waals surface area contributed by atoms with Gasteiger partial charge in [0.25, 0.3) is 5.92 Å². The number of alkyl halides is 2. The van der Waals surface area contributed by atoms with Crippen LogP contribution in [0.25, 0.3) is 0 Å². The van der Waals surface area contributed by atoms with Crippen LogP contribution in [0, 0.1) is 17.8 Å². The topological polar surface area (TPSA) is 43.8 Å². The van der Waals surface area contributed by atoms with Crippen LogP contribution in [-0.2, 0) is 0 Å². The third-order valence-corrected chi connectivity index (χ3v) is 4.02. The average Bonchev–Trinajstić information content (AvgIpc) is 2.57. The Labute approximate surface area is 91.8 Å². The van der Waals surface area contributed by atoms with Gasteiger partial charge in [-0.15, -0.1) is 0 Å². The summed E-state index contributed by atoms with van der Waals surface area (Å²) in [5.74, 6) is -1.20. The van der Waals surface area contributed by atoms with Crippen molar-refractivity contribution in [2.75, 3.05) is 32.7 Å². The van der Waals surface area contributed by atoms with Crippen LogP contribution in [0.4, 0.5) is 13.6 Å². The Morgan fingerprint density at radius 3 is 2.31 bits per heavy atom. The number of piperidine rings is 1. The molecule has 3 aliphatic rings. The lowest BCUT2D eigenvalue weighted by molar-refractivity contribution is -0.132. The highest BCUT2D eigenvalue weighted by Gasteiger charge is 2.58. The number of halogens is 2. The van der Waals surface area contributed by atoms with Crippen LogP contribution in [0.1, 0.15) is 0 Å². The largest absolute Gasteiger partial charge is 0.465 e. The third kappa shape index (κ3) is 1.55. The highest BCUT2D eigenvalue weighted by atomic mass is 19.3. The van der Waals surface area contributed by atoms with Crippen molar-refractivity contribution >= 4 is 6.09 Å². The molecule has 0 aromatic heterocycles. The zero-order valence-electron chi connectivity index (χ0n) is 8.77. The number of hydrogen-bond acceptors (Lipinski definition) is 2. The van der Waals surface area contributed by atoms with Gasteiger partial charge in [-0.05, 0) is 17.8 Å². The molecule has 90 valence electrons. The Bertz CT molecular complexity index is 317. The van der Waals surface area contributed by atoms with E-state index in [1.807, 2.05) is 0 Å². The molecular weight excluding hydrogens is 218 g/mol. The fourth-order valence-electron chi connectivity index (χ4n) is 3.11. The van der Waals surface area contributed by atoms with Gasteiger partial charge in [-0.1, -0.05) is 0 Å². The number of carbonyl (C=O) groups is 1. The van der Waals surface area contributed by atoms with E-state index >= 15 is 0 Å². The monoisotopic (exact) mass is 232 g/mol. The summed E-state index contributed by atoms with van der Waals surface area (Å²) in [6.07, 6.45) is -0.860. The van der Waals surface area contributed by atoms with Crippen molar-refractivity contribution in [2.45, 2.75) is 5.92 Å². The molecule has 1 N–H and O–H groups in total. The van der Waals surface area contributed by atoms with Crippen molar-refractivity contribution in [3.63, 3.8) is 0 Å². The Morgan fingerprint density at radius 1 is 1.31 bits per heavy atom. The lowest BCUT2D eigenvalue weighted by Gasteiger charge is -2.39. The van der Waals surface area contributed by atoms with Crippen LogP contribution in [-0.4, -0.2) is 59.6 Å².